The van der Waals surface area contributed by atoms with Crippen molar-refractivity contribution in [2.45, 2.75) is 0 Å². The minimum Gasteiger partial charge on any atom is -0.476 e. The fraction of sp³-hybridized carbons (Fsp3) is 0.438. The van der Waals surface area contributed by atoms with E-state index in [0.717, 1.165) is 32.0 Å². The van der Waals surface area contributed by atoms with Crippen LogP contribution in [-0.2, 0) is 0 Å². The van der Waals surface area contributed by atoms with Crippen molar-refractivity contribution in [3.63, 3.8) is 0 Å². The van der Waals surface area contributed by atoms with Crippen molar-refractivity contribution in [1.82, 2.24) is 30.4 Å². The summed E-state index contributed by atoms with van der Waals surface area (Å²) in [4.78, 5) is 35.7. The van der Waals surface area contributed by atoms with E-state index in [2.05, 4.69) is 42.3 Å². The highest BCUT2D eigenvalue weighted by atomic mass is 16.5. The number of nitrogens with zero attached hydrogens (tertiary/aromatic N) is 5. The molecule has 2 aromatic heterocycles. The maximum atomic E-state index is 11.9. The molecule has 2 aromatic rings. The quantitative estimate of drug-likeness (QED) is 0.639. The molecule has 0 radical (unpaired) electrons. The number of aromatic amines is 1. The van der Waals surface area contributed by atoms with Crippen LogP contribution in [0.15, 0.2) is 29.3 Å². The number of carbonyl (C=O) groups excluding carboxylic acids is 1. The summed E-state index contributed by atoms with van der Waals surface area (Å²) >= 11 is 0. The Morgan fingerprint density at radius 2 is 2.08 bits per heavy atom. The summed E-state index contributed by atoms with van der Waals surface area (Å²) in [5.41, 5.74) is -0.214. The van der Waals surface area contributed by atoms with Crippen LogP contribution in [0, 0.1) is 0 Å². The van der Waals surface area contributed by atoms with Gasteiger partial charge in [0.2, 0.25) is 5.88 Å². The largest absolute Gasteiger partial charge is 0.476 e. The Morgan fingerprint density at radius 1 is 1.27 bits per heavy atom. The zero-order chi connectivity index (χ0) is 18.4. The summed E-state index contributed by atoms with van der Waals surface area (Å²) in [6.45, 7) is 4.35. The fourth-order valence-electron chi connectivity index (χ4n) is 2.50. The molecule has 26 heavy (non-hydrogen) atoms. The van der Waals surface area contributed by atoms with Gasteiger partial charge in [-0.15, -0.1) is 0 Å². The SMILES string of the molecule is CN1CCN(c2cc(OCCNC(=O)c3ccc(=O)[nH]n3)ncn2)CC1. The Balaban J connectivity index is 1.46. The van der Waals surface area contributed by atoms with E-state index in [1.54, 1.807) is 6.07 Å². The van der Waals surface area contributed by atoms with Crippen LogP contribution in [0.4, 0.5) is 5.82 Å². The Bertz CT molecular complexity index is 782. The van der Waals surface area contributed by atoms with Gasteiger partial charge in [-0.1, -0.05) is 0 Å². The molecule has 1 aliphatic rings. The van der Waals surface area contributed by atoms with Crippen LogP contribution < -0.4 is 20.5 Å². The number of nitrogens with one attached hydrogen (secondary N) is 2. The maximum absolute atomic E-state index is 11.9. The van der Waals surface area contributed by atoms with E-state index in [1.165, 1.54) is 18.5 Å². The van der Waals surface area contributed by atoms with Crippen molar-refractivity contribution in [3.8, 4) is 5.88 Å². The first-order valence-electron chi connectivity index (χ1n) is 8.34. The van der Waals surface area contributed by atoms with Gasteiger partial charge in [0.25, 0.3) is 11.5 Å². The van der Waals surface area contributed by atoms with Crippen molar-refractivity contribution in [2.75, 3.05) is 51.3 Å². The summed E-state index contributed by atoms with van der Waals surface area (Å²) in [6.07, 6.45) is 1.48. The Labute approximate surface area is 150 Å². The average molecular weight is 359 g/mol. The van der Waals surface area contributed by atoms with Gasteiger partial charge in [-0.3, -0.25) is 9.59 Å². The number of ether oxygens (including phenoxy) is 1. The first-order valence-corrected chi connectivity index (χ1v) is 8.34. The van der Waals surface area contributed by atoms with Gasteiger partial charge < -0.3 is 19.9 Å². The van der Waals surface area contributed by atoms with Crippen LogP contribution in [0.2, 0.25) is 0 Å². The first-order chi connectivity index (χ1) is 12.6. The average Bonchev–Trinajstić information content (AvgIpc) is 2.66. The number of piperazine rings is 1. The van der Waals surface area contributed by atoms with E-state index in [1.807, 2.05) is 0 Å². The number of aromatic nitrogens is 4. The van der Waals surface area contributed by atoms with Crippen LogP contribution in [0.25, 0.3) is 0 Å². The molecule has 10 nitrogen and oxygen atoms in total. The van der Waals surface area contributed by atoms with E-state index >= 15 is 0 Å². The summed E-state index contributed by atoms with van der Waals surface area (Å²) in [7, 11) is 2.10. The third-order valence-electron chi connectivity index (χ3n) is 4.00. The standard InChI is InChI=1S/C16H21N7O3/c1-22-5-7-23(8-6-22)13-10-15(19-11-18-13)26-9-4-17-16(25)12-2-3-14(24)21-20-12/h2-3,10-11H,4-9H2,1H3,(H,17,25)(H,21,24). The number of amides is 1. The lowest BCUT2D eigenvalue weighted by atomic mass is 10.3. The molecular weight excluding hydrogens is 338 g/mol. The highest BCUT2D eigenvalue weighted by molar-refractivity contribution is 5.91. The van der Waals surface area contributed by atoms with Gasteiger partial charge in [-0.05, 0) is 13.1 Å². The van der Waals surface area contributed by atoms with Crippen LogP contribution in [-0.4, -0.2) is 77.4 Å². The van der Waals surface area contributed by atoms with Gasteiger partial charge in [0, 0.05) is 38.3 Å². The normalized spacial score (nSPS) is 14.9. The number of hydrogen-bond donors (Lipinski definition) is 2. The van der Waals surface area contributed by atoms with E-state index < -0.39 is 0 Å². The highest BCUT2D eigenvalue weighted by Crippen LogP contribution is 2.17. The Morgan fingerprint density at radius 3 is 2.81 bits per heavy atom. The summed E-state index contributed by atoms with van der Waals surface area (Å²) in [5, 5.41) is 8.54. The zero-order valence-corrected chi connectivity index (χ0v) is 14.5. The molecule has 0 aliphatic carbocycles. The molecule has 0 aromatic carbocycles. The van der Waals surface area contributed by atoms with Gasteiger partial charge in [-0.2, -0.15) is 5.10 Å². The van der Waals surface area contributed by atoms with Gasteiger partial charge in [-0.25, -0.2) is 15.1 Å². The number of likely N-dealkylation sites (N-methyl/N-ethyl adjacent to an activating group) is 1. The molecule has 1 saturated heterocycles. The summed E-state index contributed by atoms with van der Waals surface area (Å²) < 4.78 is 5.58. The molecule has 3 heterocycles. The van der Waals surface area contributed by atoms with Crippen LogP contribution in [0.5, 0.6) is 5.88 Å². The molecule has 138 valence electrons. The second kappa shape index (κ2) is 8.39. The minimum absolute atomic E-state index is 0.143. The first kappa shape index (κ1) is 17.8. The smallest absolute Gasteiger partial charge is 0.271 e. The van der Waals surface area contributed by atoms with Gasteiger partial charge >= 0.3 is 0 Å². The molecule has 3 rings (SSSR count). The molecule has 1 aliphatic heterocycles. The molecular formula is C16H21N7O3. The Kier molecular flexibility index (Phi) is 5.74. The molecule has 1 amide bonds. The summed E-state index contributed by atoms with van der Waals surface area (Å²) in [6, 6.07) is 4.41. The predicted octanol–water partition coefficient (Wildman–Crippen LogP) is -0.879. The number of rotatable bonds is 6. The minimum atomic E-state index is -0.384. The van der Waals surface area contributed by atoms with E-state index in [4.69, 9.17) is 4.74 Å². The molecule has 0 unspecified atom stereocenters. The summed E-state index contributed by atoms with van der Waals surface area (Å²) in [5.74, 6) is 0.917. The van der Waals surface area contributed by atoms with Crippen molar-refractivity contribution >= 4 is 11.7 Å². The third-order valence-corrected chi connectivity index (χ3v) is 4.00. The molecule has 0 saturated carbocycles. The zero-order valence-electron chi connectivity index (χ0n) is 14.5. The lowest BCUT2D eigenvalue weighted by molar-refractivity contribution is 0.0940. The van der Waals surface area contributed by atoms with Crippen molar-refractivity contribution in [3.05, 3.63) is 40.6 Å². The molecule has 0 atom stereocenters. The number of H-pyrrole nitrogens is 1. The van der Waals surface area contributed by atoms with Crippen LogP contribution in [0.1, 0.15) is 10.5 Å². The van der Waals surface area contributed by atoms with Crippen molar-refractivity contribution in [2.24, 2.45) is 0 Å². The topological polar surface area (TPSA) is 116 Å². The lowest BCUT2D eigenvalue weighted by Crippen LogP contribution is -2.44. The van der Waals surface area contributed by atoms with Crippen molar-refractivity contribution in [1.29, 1.82) is 0 Å². The third kappa shape index (κ3) is 4.76. The molecule has 10 heteroatoms. The second-order valence-electron chi connectivity index (χ2n) is 5.92. The maximum Gasteiger partial charge on any atom is 0.271 e. The predicted molar refractivity (Wildman–Crippen MR) is 94.4 cm³/mol. The van der Waals surface area contributed by atoms with E-state index in [0.29, 0.717) is 5.88 Å². The van der Waals surface area contributed by atoms with Crippen LogP contribution in [0.3, 0.4) is 0 Å². The number of anilines is 1. The highest BCUT2D eigenvalue weighted by Gasteiger charge is 2.16. The second-order valence-corrected chi connectivity index (χ2v) is 5.92. The number of hydrogen-bond acceptors (Lipinski definition) is 8. The Hall–Kier alpha value is -3.01. The fourth-order valence-corrected chi connectivity index (χ4v) is 2.50. The van der Waals surface area contributed by atoms with Crippen LogP contribution >= 0.6 is 0 Å². The van der Waals surface area contributed by atoms with Crippen molar-refractivity contribution < 1.29 is 9.53 Å². The lowest BCUT2D eigenvalue weighted by Gasteiger charge is -2.33. The van der Waals surface area contributed by atoms with Gasteiger partial charge in [0.15, 0.2) is 0 Å². The number of carbonyl (C=O) groups is 1. The molecule has 1 fully saturated rings. The van der Waals surface area contributed by atoms with Gasteiger partial charge in [0.1, 0.15) is 24.4 Å². The molecule has 0 bridgehead atoms. The monoisotopic (exact) mass is 359 g/mol. The van der Waals surface area contributed by atoms with Gasteiger partial charge in [0.05, 0.1) is 6.54 Å². The van der Waals surface area contributed by atoms with E-state index in [-0.39, 0.29) is 30.3 Å². The van der Waals surface area contributed by atoms with E-state index in [9.17, 15) is 9.59 Å². The molecule has 2 N–H and O–H groups in total. The molecule has 0 spiro atoms.